The molecule has 0 aromatic heterocycles. The molecule has 0 radical (unpaired) electrons. The minimum Gasteiger partial charge on any atom is -0.399 e. The summed E-state index contributed by atoms with van der Waals surface area (Å²) >= 11 is 5.98. The number of hydrogen-bond donors (Lipinski definition) is 2. The lowest BCUT2D eigenvalue weighted by atomic mass is 10.2. The van der Waals surface area contributed by atoms with Gasteiger partial charge in [-0.15, -0.1) is 0 Å². The molecule has 3 aromatic rings. The quantitative estimate of drug-likeness (QED) is 0.573. The molecule has 0 atom stereocenters. The van der Waals surface area contributed by atoms with Crippen LogP contribution in [-0.4, -0.2) is 16.8 Å². The molecule has 0 heterocycles. The fraction of sp³-hybridized carbons (Fsp3) is 0.0526. The maximum atomic E-state index is 12.9. The maximum Gasteiger partial charge on any atom is 0.261 e. The first-order valence-corrected chi connectivity index (χ1v) is 11.6. The van der Waals surface area contributed by atoms with Crippen LogP contribution < -0.4 is 10.5 Å². The van der Waals surface area contributed by atoms with Gasteiger partial charge in [-0.25, -0.2) is 16.8 Å². The molecule has 146 valence electrons. The van der Waals surface area contributed by atoms with Crippen molar-refractivity contribution in [2.45, 2.75) is 15.5 Å². The van der Waals surface area contributed by atoms with Crippen molar-refractivity contribution >= 4 is 42.8 Å². The van der Waals surface area contributed by atoms with E-state index in [-0.39, 0.29) is 26.3 Å². The van der Waals surface area contributed by atoms with Crippen molar-refractivity contribution in [1.29, 1.82) is 0 Å². The molecule has 0 saturated carbocycles. The molecule has 0 aliphatic heterocycles. The molecule has 0 unspecified atom stereocenters. The molecule has 0 amide bonds. The average Bonchev–Trinajstić information content (AvgIpc) is 2.61. The number of rotatable bonds is 6. The summed E-state index contributed by atoms with van der Waals surface area (Å²) < 4.78 is 53.5. The Balaban J connectivity index is 2.01. The van der Waals surface area contributed by atoms with Crippen LogP contribution in [0, 0.1) is 0 Å². The Hall–Kier alpha value is -2.55. The molecule has 6 nitrogen and oxygen atoms in total. The van der Waals surface area contributed by atoms with Crippen LogP contribution >= 0.6 is 11.6 Å². The van der Waals surface area contributed by atoms with Gasteiger partial charge >= 0.3 is 0 Å². The minimum absolute atomic E-state index is 0.00848. The van der Waals surface area contributed by atoms with E-state index in [9.17, 15) is 16.8 Å². The van der Waals surface area contributed by atoms with Gasteiger partial charge < -0.3 is 5.73 Å². The Kier molecular flexibility index (Phi) is 5.64. The highest BCUT2D eigenvalue weighted by Gasteiger charge is 2.23. The lowest BCUT2D eigenvalue weighted by Crippen LogP contribution is -2.16. The average molecular weight is 437 g/mol. The molecule has 3 N–H and O–H groups in total. The van der Waals surface area contributed by atoms with Gasteiger partial charge in [-0.2, -0.15) is 0 Å². The first-order chi connectivity index (χ1) is 13.2. The number of sulfonamides is 1. The van der Waals surface area contributed by atoms with E-state index in [1.807, 2.05) is 0 Å². The van der Waals surface area contributed by atoms with Crippen LogP contribution in [0.4, 0.5) is 11.4 Å². The van der Waals surface area contributed by atoms with E-state index in [2.05, 4.69) is 4.72 Å². The number of sulfone groups is 1. The van der Waals surface area contributed by atoms with Crippen LogP contribution in [0.15, 0.2) is 82.6 Å². The maximum absolute atomic E-state index is 12.9. The van der Waals surface area contributed by atoms with Crippen LogP contribution in [0.25, 0.3) is 0 Å². The fourth-order valence-corrected chi connectivity index (χ4v) is 5.46. The molecule has 0 bridgehead atoms. The number of nitrogen functional groups attached to an aromatic ring is 1. The molecule has 0 saturated heterocycles. The first kappa shape index (κ1) is 20.2. The minimum atomic E-state index is -3.99. The number of hydrogen-bond acceptors (Lipinski definition) is 5. The van der Waals surface area contributed by atoms with Crippen LogP contribution in [-0.2, 0) is 25.6 Å². The van der Waals surface area contributed by atoms with Gasteiger partial charge in [0.15, 0.2) is 9.84 Å². The lowest BCUT2D eigenvalue weighted by Gasteiger charge is -2.14. The summed E-state index contributed by atoms with van der Waals surface area (Å²) in [6.07, 6.45) is 0. The van der Waals surface area contributed by atoms with E-state index in [1.54, 1.807) is 42.5 Å². The molecule has 0 aliphatic carbocycles. The third kappa shape index (κ3) is 4.64. The van der Waals surface area contributed by atoms with Crippen LogP contribution in [0.1, 0.15) is 5.56 Å². The topological polar surface area (TPSA) is 106 Å². The SMILES string of the molecule is Nc1cccc(CS(=O)(=O)c2ccc(Cl)cc2NS(=O)(=O)c2ccccc2)c1. The van der Waals surface area contributed by atoms with Crippen molar-refractivity contribution in [3.63, 3.8) is 0 Å². The molecule has 3 rings (SSSR count). The Morgan fingerprint density at radius 2 is 1.57 bits per heavy atom. The number of halogens is 1. The molecule has 0 spiro atoms. The second kappa shape index (κ2) is 7.83. The van der Waals surface area contributed by atoms with E-state index < -0.39 is 19.9 Å². The van der Waals surface area contributed by atoms with Gasteiger partial charge in [0.25, 0.3) is 10.0 Å². The largest absolute Gasteiger partial charge is 0.399 e. The van der Waals surface area contributed by atoms with Crippen molar-refractivity contribution in [3.05, 3.63) is 83.4 Å². The number of anilines is 2. The molecular formula is C19H17ClN2O4S2. The van der Waals surface area contributed by atoms with E-state index >= 15 is 0 Å². The highest BCUT2D eigenvalue weighted by Crippen LogP contribution is 2.30. The van der Waals surface area contributed by atoms with Crippen molar-refractivity contribution < 1.29 is 16.8 Å². The summed E-state index contributed by atoms with van der Waals surface area (Å²) in [5.41, 5.74) is 6.53. The van der Waals surface area contributed by atoms with Gasteiger partial charge in [0.05, 0.1) is 21.2 Å². The second-order valence-corrected chi connectivity index (χ2v) is 10.1. The predicted octanol–water partition coefficient (Wildman–Crippen LogP) is 3.70. The summed E-state index contributed by atoms with van der Waals surface area (Å²) in [5.74, 6) is -0.334. The van der Waals surface area contributed by atoms with Gasteiger partial charge in [-0.05, 0) is 48.0 Å². The smallest absolute Gasteiger partial charge is 0.261 e. The Labute approximate surface area is 168 Å². The normalized spacial score (nSPS) is 11.9. The summed E-state index contributed by atoms with van der Waals surface area (Å²) in [6.45, 7) is 0. The first-order valence-electron chi connectivity index (χ1n) is 8.12. The highest BCUT2D eigenvalue weighted by molar-refractivity contribution is 7.93. The zero-order valence-corrected chi connectivity index (χ0v) is 16.9. The summed E-state index contributed by atoms with van der Waals surface area (Å²) in [5, 5.41) is 0.202. The van der Waals surface area contributed by atoms with Gasteiger partial charge in [0.1, 0.15) is 0 Å². The Morgan fingerprint density at radius 1 is 0.857 bits per heavy atom. The van der Waals surface area contributed by atoms with Crippen molar-refractivity contribution in [2.75, 3.05) is 10.5 Å². The zero-order chi connectivity index (χ0) is 20.4. The van der Waals surface area contributed by atoms with Gasteiger partial charge in [-0.3, -0.25) is 4.72 Å². The molecular weight excluding hydrogens is 420 g/mol. The predicted molar refractivity (Wildman–Crippen MR) is 110 cm³/mol. The van der Waals surface area contributed by atoms with Crippen LogP contribution in [0.5, 0.6) is 0 Å². The van der Waals surface area contributed by atoms with Crippen LogP contribution in [0.3, 0.4) is 0 Å². The van der Waals surface area contributed by atoms with Crippen molar-refractivity contribution in [1.82, 2.24) is 0 Å². The second-order valence-electron chi connectivity index (χ2n) is 6.06. The van der Waals surface area contributed by atoms with E-state index in [4.69, 9.17) is 17.3 Å². The van der Waals surface area contributed by atoms with Crippen LogP contribution in [0.2, 0.25) is 5.02 Å². The third-order valence-electron chi connectivity index (χ3n) is 3.88. The van der Waals surface area contributed by atoms with Gasteiger partial charge in [0.2, 0.25) is 0 Å². The van der Waals surface area contributed by atoms with Gasteiger partial charge in [-0.1, -0.05) is 41.9 Å². The Morgan fingerprint density at radius 3 is 2.25 bits per heavy atom. The summed E-state index contributed by atoms with van der Waals surface area (Å²) in [4.78, 5) is -0.159. The van der Waals surface area contributed by atoms with E-state index in [1.165, 1.54) is 30.3 Å². The van der Waals surface area contributed by atoms with E-state index in [0.717, 1.165) is 0 Å². The summed E-state index contributed by atoms with van der Waals surface area (Å²) in [6, 6.07) is 18.1. The molecule has 28 heavy (non-hydrogen) atoms. The summed E-state index contributed by atoms with van der Waals surface area (Å²) in [7, 11) is -7.86. The number of nitrogens with two attached hydrogens (primary N) is 1. The number of benzene rings is 3. The number of nitrogens with one attached hydrogen (secondary N) is 1. The zero-order valence-electron chi connectivity index (χ0n) is 14.5. The highest BCUT2D eigenvalue weighted by atomic mass is 35.5. The third-order valence-corrected chi connectivity index (χ3v) is 7.24. The molecule has 9 heteroatoms. The van der Waals surface area contributed by atoms with Crippen molar-refractivity contribution in [2.24, 2.45) is 0 Å². The van der Waals surface area contributed by atoms with Crippen molar-refractivity contribution in [3.8, 4) is 0 Å². The standard InChI is InChI=1S/C19H17ClN2O4S2/c20-15-9-10-19(27(23,24)13-14-5-4-6-16(21)11-14)18(12-15)22-28(25,26)17-7-2-1-3-8-17/h1-12,22H,13,21H2. The molecule has 0 fully saturated rings. The lowest BCUT2D eigenvalue weighted by molar-refractivity contribution is 0.595. The molecule has 3 aromatic carbocycles. The van der Waals surface area contributed by atoms with Gasteiger partial charge in [0, 0.05) is 10.7 Å². The Bertz CT molecular complexity index is 1210. The fourth-order valence-electron chi connectivity index (χ4n) is 2.64. The molecule has 0 aliphatic rings. The van der Waals surface area contributed by atoms with E-state index in [0.29, 0.717) is 11.3 Å². The monoisotopic (exact) mass is 436 g/mol.